The third-order valence-corrected chi connectivity index (χ3v) is 2.11. The maximum absolute atomic E-state index is 10.7. The van der Waals surface area contributed by atoms with Crippen molar-refractivity contribution in [3.63, 3.8) is 0 Å². The number of carboxylic acids is 1. The van der Waals surface area contributed by atoms with Gasteiger partial charge in [-0.05, 0) is 24.1 Å². The number of aromatic carboxylic acids is 1. The van der Waals surface area contributed by atoms with Crippen molar-refractivity contribution in [2.24, 2.45) is 5.73 Å². The quantitative estimate of drug-likeness (QED) is 0.662. The normalized spacial score (nSPS) is 12.5. The molecule has 1 aromatic rings. The lowest BCUT2D eigenvalue weighted by Gasteiger charge is -2.10. The van der Waals surface area contributed by atoms with Gasteiger partial charge in [0.2, 0.25) is 0 Å². The Balaban J connectivity index is 3.06. The molecule has 0 unspecified atom stereocenters. The lowest BCUT2D eigenvalue weighted by atomic mass is 10.0. The molecule has 4 heteroatoms. The van der Waals surface area contributed by atoms with E-state index in [9.17, 15) is 4.79 Å². The predicted molar refractivity (Wildman–Crippen MR) is 52.2 cm³/mol. The first-order chi connectivity index (χ1) is 6.56. The molecule has 4 N–H and O–H groups in total. The van der Waals surface area contributed by atoms with E-state index in [0.29, 0.717) is 5.56 Å². The number of hydrogen-bond acceptors (Lipinski definition) is 3. The predicted octanol–water partition coefficient (Wildman–Crippen LogP) is 0.685. The van der Waals surface area contributed by atoms with E-state index in [4.69, 9.17) is 15.9 Å². The first kappa shape index (κ1) is 10.7. The average Bonchev–Trinajstić information content (AvgIpc) is 2.15. The van der Waals surface area contributed by atoms with Gasteiger partial charge < -0.3 is 15.9 Å². The second-order valence-corrected chi connectivity index (χ2v) is 3.17. The van der Waals surface area contributed by atoms with Crippen molar-refractivity contribution in [1.82, 2.24) is 0 Å². The van der Waals surface area contributed by atoms with Gasteiger partial charge in [0, 0.05) is 0 Å². The third-order valence-electron chi connectivity index (χ3n) is 2.11. The number of aliphatic hydroxyl groups excluding tert-OH is 1. The van der Waals surface area contributed by atoms with Crippen LogP contribution in [-0.4, -0.2) is 22.8 Å². The van der Waals surface area contributed by atoms with Crippen LogP contribution in [0.2, 0.25) is 0 Å². The van der Waals surface area contributed by atoms with Gasteiger partial charge in [-0.15, -0.1) is 0 Å². The molecule has 1 rings (SSSR count). The Labute approximate surface area is 82.0 Å². The molecular formula is C10H13NO3. The Bertz CT molecular complexity index is 349. The molecule has 0 amide bonds. The molecule has 1 atom stereocenters. The molecule has 0 radical (unpaired) electrons. The minimum Gasteiger partial charge on any atom is -0.478 e. The summed E-state index contributed by atoms with van der Waals surface area (Å²) in [5.74, 6) is -0.952. The molecule has 0 aliphatic rings. The largest absolute Gasteiger partial charge is 0.478 e. The van der Waals surface area contributed by atoms with Crippen LogP contribution in [0.3, 0.4) is 0 Å². The Morgan fingerprint density at radius 2 is 2.21 bits per heavy atom. The maximum Gasteiger partial charge on any atom is 0.335 e. The van der Waals surface area contributed by atoms with Crippen molar-refractivity contribution < 1.29 is 15.0 Å². The molecule has 0 bridgehead atoms. The minimum atomic E-state index is -0.952. The van der Waals surface area contributed by atoms with Gasteiger partial charge in [0.1, 0.15) is 0 Å². The van der Waals surface area contributed by atoms with Crippen LogP contribution < -0.4 is 5.73 Å². The molecule has 0 heterocycles. The van der Waals surface area contributed by atoms with E-state index in [0.717, 1.165) is 5.56 Å². The average molecular weight is 195 g/mol. The molecule has 1 aromatic carbocycles. The van der Waals surface area contributed by atoms with E-state index in [-0.39, 0.29) is 12.2 Å². The van der Waals surface area contributed by atoms with E-state index in [2.05, 4.69) is 0 Å². The van der Waals surface area contributed by atoms with Gasteiger partial charge in [-0.2, -0.15) is 0 Å². The first-order valence-electron chi connectivity index (χ1n) is 4.26. The molecule has 0 saturated heterocycles. The monoisotopic (exact) mass is 195 g/mol. The molecule has 0 saturated carbocycles. The second kappa shape index (κ2) is 4.21. The zero-order valence-electron chi connectivity index (χ0n) is 7.90. The summed E-state index contributed by atoms with van der Waals surface area (Å²) in [6.07, 6.45) is 0. The van der Waals surface area contributed by atoms with Crippen molar-refractivity contribution >= 4 is 5.97 Å². The smallest absolute Gasteiger partial charge is 0.335 e. The summed E-state index contributed by atoms with van der Waals surface area (Å²) in [4.78, 5) is 10.7. The number of carbonyl (C=O) groups is 1. The molecule has 14 heavy (non-hydrogen) atoms. The summed E-state index contributed by atoms with van der Waals surface area (Å²) in [7, 11) is 0. The summed E-state index contributed by atoms with van der Waals surface area (Å²) in [5.41, 5.74) is 7.25. The number of hydrogen-bond donors (Lipinski definition) is 3. The van der Waals surface area contributed by atoms with Crippen LogP contribution in [-0.2, 0) is 0 Å². The third kappa shape index (κ3) is 2.10. The molecule has 0 fully saturated rings. The Hall–Kier alpha value is -1.39. The van der Waals surface area contributed by atoms with Gasteiger partial charge in [-0.1, -0.05) is 12.1 Å². The number of aryl methyl sites for hydroxylation is 1. The SMILES string of the molecule is Cc1cc([C@H](N)CO)ccc1C(=O)O. The Kier molecular flexibility index (Phi) is 3.22. The lowest BCUT2D eigenvalue weighted by Crippen LogP contribution is -2.15. The van der Waals surface area contributed by atoms with E-state index >= 15 is 0 Å². The fourth-order valence-electron chi connectivity index (χ4n) is 1.26. The van der Waals surface area contributed by atoms with Gasteiger partial charge in [0.05, 0.1) is 18.2 Å². The van der Waals surface area contributed by atoms with Crippen molar-refractivity contribution in [1.29, 1.82) is 0 Å². The van der Waals surface area contributed by atoms with Crippen LogP contribution in [0, 0.1) is 6.92 Å². The highest BCUT2D eigenvalue weighted by molar-refractivity contribution is 5.89. The summed E-state index contributed by atoms with van der Waals surface area (Å²) in [6, 6.07) is 4.36. The van der Waals surface area contributed by atoms with Gasteiger partial charge in [-0.25, -0.2) is 4.79 Å². The van der Waals surface area contributed by atoms with Crippen molar-refractivity contribution in [3.8, 4) is 0 Å². The van der Waals surface area contributed by atoms with Crippen LogP contribution in [0.25, 0.3) is 0 Å². The summed E-state index contributed by atoms with van der Waals surface area (Å²) in [6.45, 7) is 1.56. The van der Waals surface area contributed by atoms with Gasteiger partial charge in [0.25, 0.3) is 0 Å². The van der Waals surface area contributed by atoms with Crippen molar-refractivity contribution in [2.75, 3.05) is 6.61 Å². The minimum absolute atomic E-state index is 0.147. The maximum atomic E-state index is 10.7. The number of aliphatic hydroxyl groups is 1. The van der Waals surface area contributed by atoms with E-state index in [1.54, 1.807) is 19.1 Å². The second-order valence-electron chi connectivity index (χ2n) is 3.17. The van der Waals surface area contributed by atoms with Crippen molar-refractivity contribution in [2.45, 2.75) is 13.0 Å². The lowest BCUT2D eigenvalue weighted by molar-refractivity contribution is 0.0696. The van der Waals surface area contributed by atoms with Crippen molar-refractivity contribution in [3.05, 3.63) is 34.9 Å². The highest BCUT2D eigenvalue weighted by atomic mass is 16.4. The van der Waals surface area contributed by atoms with Crippen LogP contribution in [0.15, 0.2) is 18.2 Å². The zero-order chi connectivity index (χ0) is 10.7. The summed E-state index contributed by atoms with van der Waals surface area (Å²) >= 11 is 0. The molecule has 4 nitrogen and oxygen atoms in total. The van der Waals surface area contributed by atoms with E-state index in [1.807, 2.05) is 0 Å². The van der Waals surface area contributed by atoms with Crippen LogP contribution in [0.5, 0.6) is 0 Å². The number of benzene rings is 1. The van der Waals surface area contributed by atoms with Crippen LogP contribution >= 0.6 is 0 Å². The summed E-state index contributed by atoms with van der Waals surface area (Å²) in [5, 5.41) is 17.6. The molecule has 0 spiro atoms. The Morgan fingerprint density at radius 3 is 2.64 bits per heavy atom. The standard InChI is InChI=1S/C10H13NO3/c1-6-4-7(9(11)5-12)2-3-8(6)10(13)14/h2-4,9,12H,5,11H2,1H3,(H,13,14)/t9-/m1/s1. The van der Waals surface area contributed by atoms with Gasteiger partial charge in [-0.3, -0.25) is 0 Å². The first-order valence-corrected chi connectivity index (χ1v) is 4.26. The van der Waals surface area contributed by atoms with E-state index < -0.39 is 12.0 Å². The highest BCUT2D eigenvalue weighted by Gasteiger charge is 2.10. The number of rotatable bonds is 3. The highest BCUT2D eigenvalue weighted by Crippen LogP contribution is 2.15. The number of nitrogens with two attached hydrogens (primary N) is 1. The molecule has 0 aromatic heterocycles. The fourth-order valence-corrected chi connectivity index (χ4v) is 1.26. The summed E-state index contributed by atoms with van der Waals surface area (Å²) < 4.78 is 0. The van der Waals surface area contributed by atoms with Gasteiger partial charge >= 0.3 is 5.97 Å². The van der Waals surface area contributed by atoms with Crippen LogP contribution in [0.1, 0.15) is 27.5 Å². The van der Waals surface area contributed by atoms with Crippen LogP contribution in [0.4, 0.5) is 0 Å². The zero-order valence-corrected chi connectivity index (χ0v) is 7.90. The Morgan fingerprint density at radius 1 is 1.57 bits per heavy atom. The molecular weight excluding hydrogens is 182 g/mol. The molecule has 76 valence electrons. The molecule has 0 aliphatic carbocycles. The van der Waals surface area contributed by atoms with E-state index in [1.165, 1.54) is 6.07 Å². The number of carboxylic acid groups (broad SMARTS) is 1. The topological polar surface area (TPSA) is 83.5 Å². The van der Waals surface area contributed by atoms with Gasteiger partial charge in [0.15, 0.2) is 0 Å². The fraction of sp³-hybridized carbons (Fsp3) is 0.300. The molecule has 0 aliphatic heterocycles.